The molecule has 2 aromatic heterocycles. The molecule has 25 heavy (non-hydrogen) atoms. The summed E-state index contributed by atoms with van der Waals surface area (Å²) in [5.41, 5.74) is 5.52. The molecule has 4 atom stereocenters. The minimum Gasteiger partial charge on any atom is -0.387 e. The van der Waals surface area contributed by atoms with Gasteiger partial charge in [-0.05, 0) is 0 Å². The van der Waals surface area contributed by atoms with Crippen LogP contribution in [0.25, 0.3) is 11.2 Å². The Morgan fingerprint density at radius 1 is 1.36 bits per heavy atom. The van der Waals surface area contributed by atoms with Crippen molar-refractivity contribution in [1.29, 1.82) is 0 Å². The number of imidazole rings is 1. The molecule has 140 valence electrons. The molecule has 0 bridgehead atoms. The van der Waals surface area contributed by atoms with E-state index in [1.165, 1.54) is 0 Å². The molecule has 1 aliphatic heterocycles. The van der Waals surface area contributed by atoms with Crippen LogP contribution in [0.3, 0.4) is 0 Å². The van der Waals surface area contributed by atoms with Crippen molar-refractivity contribution < 1.29 is 38.2 Å². The van der Waals surface area contributed by atoms with Gasteiger partial charge in [-0.25, -0.2) is 9.55 Å². The summed E-state index contributed by atoms with van der Waals surface area (Å²) in [4.78, 5) is 28.1. The molecule has 0 amide bonds. The summed E-state index contributed by atoms with van der Waals surface area (Å²) in [6.07, 6.45) is -5.46. The van der Waals surface area contributed by atoms with E-state index < -0.39 is 45.0 Å². The number of aromatic nitrogens is 4. The number of phosphoric ester groups is 1. The number of nitrogens with two attached hydrogens (primary N) is 1. The van der Waals surface area contributed by atoms with E-state index in [1.54, 1.807) is 0 Å². The molecule has 1 saturated heterocycles. The average molecular weight is 382 g/mol. The number of hydrogen-bond donors (Lipinski definition) is 6. The highest BCUT2D eigenvalue weighted by molar-refractivity contribution is 7.46. The van der Waals surface area contributed by atoms with Gasteiger partial charge in [0, 0.05) is 0 Å². The Kier molecular flexibility index (Phi) is 5.36. The highest BCUT2D eigenvalue weighted by Gasteiger charge is 2.45. The number of halogens is 1. The normalized spacial score (nSPS) is 26.8. The van der Waals surface area contributed by atoms with Crippen LogP contribution in [0, 0.1) is 6.08 Å². The van der Waals surface area contributed by atoms with E-state index in [2.05, 4.69) is 19.5 Å². The SMILES string of the molecule is N.Nc1nc(F)nc2c1ncn2C1OC(COP(=O)(O)O)C(O)C1O. The molecular formula is C10H16FN6O7P. The summed E-state index contributed by atoms with van der Waals surface area (Å²) in [5, 5.41) is 20.0. The fourth-order valence-electron chi connectivity index (χ4n) is 2.36. The first-order valence-corrected chi connectivity index (χ1v) is 8.07. The number of ether oxygens (including phenoxy) is 1. The predicted octanol–water partition coefficient (Wildman–Crippen LogP) is -1.56. The zero-order valence-electron chi connectivity index (χ0n) is 12.5. The Bertz CT molecular complexity index is 814. The second-order valence-corrected chi connectivity index (χ2v) is 6.27. The standard InChI is InChI=1S/C10H13FN5O7P.H3N/c11-10-14-7(12)4-8(15-10)16(2-13-4)9-6(18)5(17)3(23-9)1-22-24(19,20)21;/h2-3,5-6,9,17-18H,1H2,(H2,12,14,15)(H2,19,20,21);1H3. The number of aliphatic hydroxyl groups is 2. The van der Waals surface area contributed by atoms with Gasteiger partial charge in [-0.3, -0.25) is 9.09 Å². The van der Waals surface area contributed by atoms with Gasteiger partial charge in [-0.1, -0.05) is 0 Å². The second kappa shape index (κ2) is 6.86. The fraction of sp³-hybridized carbons (Fsp3) is 0.500. The van der Waals surface area contributed by atoms with Crippen molar-refractivity contribution in [2.45, 2.75) is 24.5 Å². The maximum absolute atomic E-state index is 13.3. The van der Waals surface area contributed by atoms with Gasteiger partial charge in [0.2, 0.25) is 0 Å². The third-order valence-corrected chi connectivity index (χ3v) is 3.92. The number of fused-ring (bicyclic) bond motifs is 1. The highest BCUT2D eigenvalue weighted by atomic mass is 31.2. The zero-order chi connectivity index (χ0) is 17.6. The molecule has 13 nitrogen and oxygen atoms in total. The lowest BCUT2D eigenvalue weighted by atomic mass is 10.1. The Hall–Kier alpha value is -1.77. The molecule has 15 heteroatoms. The lowest BCUT2D eigenvalue weighted by Crippen LogP contribution is -2.33. The molecule has 1 aliphatic rings. The van der Waals surface area contributed by atoms with Gasteiger partial charge >= 0.3 is 13.9 Å². The summed E-state index contributed by atoms with van der Waals surface area (Å²) in [7, 11) is -4.78. The van der Waals surface area contributed by atoms with Crippen molar-refractivity contribution in [3.8, 4) is 0 Å². The van der Waals surface area contributed by atoms with Crippen LogP contribution in [-0.4, -0.2) is 64.4 Å². The van der Waals surface area contributed by atoms with E-state index in [0.717, 1.165) is 10.9 Å². The first-order valence-electron chi connectivity index (χ1n) is 6.54. The van der Waals surface area contributed by atoms with E-state index in [4.69, 9.17) is 20.3 Å². The van der Waals surface area contributed by atoms with Crippen molar-refractivity contribution in [2.75, 3.05) is 12.3 Å². The third kappa shape index (κ3) is 3.75. The van der Waals surface area contributed by atoms with Gasteiger partial charge < -0.3 is 36.6 Å². The van der Waals surface area contributed by atoms with Gasteiger partial charge in [0.05, 0.1) is 12.9 Å². The molecule has 2 aromatic rings. The van der Waals surface area contributed by atoms with Crippen molar-refractivity contribution >= 4 is 24.8 Å². The molecule has 0 saturated carbocycles. The number of anilines is 1. The first kappa shape index (κ1) is 19.6. The van der Waals surface area contributed by atoms with Crippen LogP contribution in [0.15, 0.2) is 6.33 Å². The fourth-order valence-corrected chi connectivity index (χ4v) is 2.71. The van der Waals surface area contributed by atoms with E-state index >= 15 is 0 Å². The Morgan fingerprint density at radius 2 is 2.04 bits per heavy atom. The van der Waals surface area contributed by atoms with Crippen LogP contribution >= 0.6 is 7.82 Å². The largest absolute Gasteiger partial charge is 0.469 e. The molecule has 3 rings (SSSR count). The van der Waals surface area contributed by atoms with Gasteiger partial charge in [-0.2, -0.15) is 14.4 Å². The van der Waals surface area contributed by atoms with Gasteiger partial charge in [0.1, 0.15) is 18.3 Å². The van der Waals surface area contributed by atoms with E-state index in [0.29, 0.717) is 0 Å². The Labute approximate surface area is 139 Å². The van der Waals surface area contributed by atoms with E-state index in [1.807, 2.05) is 0 Å². The molecule has 0 aromatic carbocycles. The van der Waals surface area contributed by atoms with E-state index in [9.17, 15) is 19.2 Å². The molecule has 3 heterocycles. The van der Waals surface area contributed by atoms with Crippen molar-refractivity contribution in [3.63, 3.8) is 0 Å². The Balaban J connectivity index is 0.00000225. The number of nitrogens with zero attached hydrogens (tertiary/aromatic N) is 4. The summed E-state index contributed by atoms with van der Waals surface area (Å²) < 4.78 is 34.8. The molecular weight excluding hydrogens is 366 g/mol. The van der Waals surface area contributed by atoms with Crippen LogP contribution in [0.4, 0.5) is 10.2 Å². The van der Waals surface area contributed by atoms with Crippen molar-refractivity contribution in [2.24, 2.45) is 0 Å². The lowest BCUT2D eigenvalue weighted by molar-refractivity contribution is -0.0504. The number of phosphoric acid groups is 1. The summed E-state index contributed by atoms with van der Waals surface area (Å²) in [6, 6.07) is 0. The van der Waals surface area contributed by atoms with Crippen LogP contribution in [-0.2, 0) is 13.8 Å². The Morgan fingerprint density at radius 3 is 2.68 bits per heavy atom. The summed E-state index contributed by atoms with van der Waals surface area (Å²) in [6.45, 7) is -0.670. The van der Waals surface area contributed by atoms with Crippen LogP contribution in [0.2, 0.25) is 0 Å². The second-order valence-electron chi connectivity index (χ2n) is 5.03. The zero-order valence-corrected chi connectivity index (χ0v) is 13.4. The molecule has 1 fully saturated rings. The maximum atomic E-state index is 13.3. The van der Waals surface area contributed by atoms with Gasteiger partial charge in [0.25, 0.3) is 0 Å². The lowest BCUT2D eigenvalue weighted by Gasteiger charge is -2.16. The summed E-state index contributed by atoms with van der Waals surface area (Å²) in [5.74, 6) is -0.217. The first-order chi connectivity index (χ1) is 11.2. The van der Waals surface area contributed by atoms with Gasteiger partial charge in [-0.15, -0.1) is 0 Å². The number of aliphatic hydroxyl groups excluding tert-OH is 2. The predicted molar refractivity (Wildman–Crippen MR) is 78.6 cm³/mol. The maximum Gasteiger partial charge on any atom is 0.469 e. The number of nitrogen functional groups attached to an aromatic ring is 1. The van der Waals surface area contributed by atoms with Crippen LogP contribution < -0.4 is 11.9 Å². The molecule has 0 radical (unpaired) electrons. The molecule has 0 spiro atoms. The van der Waals surface area contributed by atoms with Crippen molar-refractivity contribution in [1.82, 2.24) is 25.7 Å². The molecule has 0 aliphatic carbocycles. The number of hydrogen-bond acceptors (Lipinski definition) is 10. The van der Waals surface area contributed by atoms with Gasteiger partial charge in [0.15, 0.2) is 23.2 Å². The monoisotopic (exact) mass is 382 g/mol. The minimum absolute atomic E-state index is 0. The highest BCUT2D eigenvalue weighted by Crippen LogP contribution is 2.38. The average Bonchev–Trinajstić information content (AvgIpc) is 3.00. The number of rotatable bonds is 4. The van der Waals surface area contributed by atoms with Crippen LogP contribution in [0.5, 0.6) is 0 Å². The summed E-state index contributed by atoms with van der Waals surface area (Å²) >= 11 is 0. The minimum atomic E-state index is -4.78. The quantitative estimate of drug-likeness (QED) is 0.261. The van der Waals surface area contributed by atoms with E-state index in [-0.39, 0.29) is 23.1 Å². The molecule has 9 N–H and O–H groups in total. The van der Waals surface area contributed by atoms with Crippen LogP contribution in [0.1, 0.15) is 6.23 Å². The smallest absolute Gasteiger partial charge is 0.387 e. The third-order valence-electron chi connectivity index (χ3n) is 3.44. The molecule has 4 unspecified atom stereocenters. The van der Waals surface area contributed by atoms with Crippen molar-refractivity contribution in [3.05, 3.63) is 12.4 Å². The topological polar surface area (TPSA) is 221 Å².